The molecule has 32 valence electrons. The molecule has 0 unspecified atom stereocenters. The van der Waals surface area contributed by atoms with Crippen LogP contribution in [0.15, 0.2) is 0 Å². The Bertz CT molecular complexity index is 6.00. The van der Waals surface area contributed by atoms with Crippen LogP contribution in [0.25, 0.3) is 0 Å². The summed E-state index contributed by atoms with van der Waals surface area (Å²) in [5.41, 5.74) is 0. The quantitative estimate of drug-likeness (QED) is 0.508. The molecule has 0 bridgehead atoms. The molecular weight excluding hydrogens is 141 g/mol. The summed E-state index contributed by atoms with van der Waals surface area (Å²) < 4.78 is 0. The van der Waals surface area contributed by atoms with Gasteiger partial charge in [0, 0.05) is 17.1 Å². The van der Waals surface area contributed by atoms with Gasteiger partial charge in [0.1, 0.15) is 0 Å². The van der Waals surface area contributed by atoms with Crippen molar-refractivity contribution in [2.75, 3.05) is 0 Å². The van der Waals surface area contributed by atoms with Crippen LogP contribution in [-0.2, 0) is 17.1 Å². The summed E-state index contributed by atoms with van der Waals surface area (Å²) in [5.74, 6) is 0. The summed E-state index contributed by atoms with van der Waals surface area (Å²) in [6.45, 7) is 0. The first-order valence-corrected chi connectivity index (χ1v) is 0. The SMILES string of the molecule is Cl.Cl.N.[Fe]. The van der Waals surface area contributed by atoms with Gasteiger partial charge in [-0.1, -0.05) is 0 Å². The predicted octanol–water partition coefficient (Wildman–Crippen LogP) is 1.00. The average molecular weight is 146 g/mol. The minimum Gasteiger partial charge on any atom is -0.344 e. The van der Waals surface area contributed by atoms with Gasteiger partial charge in [-0.2, -0.15) is 0 Å². The molecule has 0 amide bonds. The maximum atomic E-state index is 0. The summed E-state index contributed by atoms with van der Waals surface area (Å²) in [5, 5.41) is 0. The van der Waals surface area contributed by atoms with Crippen LogP contribution < -0.4 is 6.15 Å². The molecule has 4 heavy (non-hydrogen) atoms. The van der Waals surface area contributed by atoms with E-state index < -0.39 is 0 Å². The van der Waals surface area contributed by atoms with Gasteiger partial charge in [-0.3, -0.25) is 0 Å². The van der Waals surface area contributed by atoms with Gasteiger partial charge in [0.25, 0.3) is 0 Å². The van der Waals surface area contributed by atoms with Gasteiger partial charge < -0.3 is 6.15 Å². The zero-order valence-electron chi connectivity index (χ0n) is 1.88. The van der Waals surface area contributed by atoms with E-state index in [1.54, 1.807) is 0 Å². The predicted molar refractivity (Wildman–Crippen MR) is 19.5 cm³/mol. The molecule has 0 heterocycles. The zero-order valence-corrected chi connectivity index (χ0v) is 4.61. The normalized spacial score (nSPS) is 0. The summed E-state index contributed by atoms with van der Waals surface area (Å²) in [6.07, 6.45) is 0. The second-order valence-corrected chi connectivity index (χ2v) is 0. The minimum absolute atomic E-state index is 0. The van der Waals surface area contributed by atoms with E-state index in [1.165, 1.54) is 0 Å². The first-order chi connectivity index (χ1) is 0. The third-order valence-electron chi connectivity index (χ3n) is 0. The molecule has 0 saturated carbocycles. The molecule has 0 spiro atoms. The Morgan fingerprint density at radius 1 is 0.750 bits per heavy atom. The smallest absolute Gasteiger partial charge is 0 e. The van der Waals surface area contributed by atoms with Crippen LogP contribution >= 0.6 is 24.8 Å². The molecule has 0 aromatic heterocycles. The molecule has 0 aromatic carbocycles. The molecule has 1 nitrogen and oxygen atoms in total. The van der Waals surface area contributed by atoms with Gasteiger partial charge in [-0.05, 0) is 0 Å². The largest absolute Gasteiger partial charge is 0.344 e. The second kappa shape index (κ2) is 33.9. The Hall–Kier alpha value is 1.06. The molecule has 3 N–H and O–H groups in total. The first kappa shape index (κ1) is 74.3. The van der Waals surface area contributed by atoms with Gasteiger partial charge in [0.2, 0.25) is 0 Å². The van der Waals surface area contributed by atoms with Gasteiger partial charge in [-0.25, -0.2) is 0 Å². The van der Waals surface area contributed by atoms with Gasteiger partial charge in [-0.15, -0.1) is 24.8 Å². The topological polar surface area (TPSA) is 35.0 Å². The van der Waals surface area contributed by atoms with Crippen molar-refractivity contribution < 1.29 is 17.1 Å². The van der Waals surface area contributed by atoms with Crippen molar-refractivity contribution in [1.29, 1.82) is 0 Å². The summed E-state index contributed by atoms with van der Waals surface area (Å²) in [4.78, 5) is 0. The molecule has 4 heteroatoms. The fraction of sp³-hybridized carbons (Fsp3) is 0. The molecule has 0 atom stereocenters. The van der Waals surface area contributed by atoms with E-state index in [0.29, 0.717) is 0 Å². The molecule has 0 aliphatic heterocycles. The van der Waals surface area contributed by atoms with E-state index >= 15 is 0 Å². The molecule has 0 fully saturated rings. The third-order valence-corrected chi connectivity index (χ3v) is 0. The van der Waals surface area contributed by atoms with Crippen LogP contribution in [0.3, 0.4) is 0 Å². The fourth-order valence-electron chi connectivity index (χ4n) is 0. The van der Waals surface area contributed by atoms with Crippen LogP contribution in [0.5, 0.6) is 0 Å². The molecule has 0 rings (SSSR count). The van der Waals surface area contributed by atoms with E-state index in [2.05, 4.69) is 0 Å². The Morgan fingerprint density at radius 3 is 0.750 bits per heavy atom. The molecule has 0 radical (unpaired) electrons. The van der Waals surface area contributed by atoms with E-state index in [9.17, 15) is 0 Å². The molecule has 0 aliphatic carbocycles. The molecular formula is H5Cl2FeN. The third kappa shape index (κ3) is 11.6. The average Bonchev–Trinajstić information content (AvgIpc) is 0. The second-order valence-electron chi connectivity index (χ2n) is 0. The molecule has 0 aromatic rings. The Labute approximate surface area is 48.4 Å². The maximum Gasteiger partial charge on any atom is 0 e. The number of hydrogen-bond donors (Lipinski definition) is 1. The van der Waals surface area contributed by atoms with Crippen LogP contribution in [0.4, 0.5) is 0 Å². The van der Waals surface area contributed by atoms with Crippen LogP contribution in [0.1, 0.15) is 0 Å². The van der Waals surface area contributed by atoms with Crippen molar-refractivity contribution in [3.63, 3.8) is 0 Å². The van der Waals surface area contributed by atoms with Crippen LogP contribution in [-0.4, -0.2) is 0 Å². The number of hydrogen-bond acceptors (Lipinski definition) is 1. The van der Waals surface area contributed by atoms with Gasteiger partial charge >= 0.3 is 0 Å². The van der Waals surface area contributed by atoms with Crippen LogP contribution in [0.2, 0.25) is 0 Å². The fourth-order valence-corrected chi connectivity index (χ4v) is 0. The number of halogens is 2. The maximum absolute atomic E-state index is 0. The zero-order chi connectivity index (χ0) is 0. The Kier molecular flexibility index (Phi) is 629. The Morgan fingerprint density at radius 2 is 0.750 bits per heavy atom. The van der Waals surface area contributed by atoms with Gasteiger partial charge in [0.05, 0.1) is 0 Å². The van der Waals surface area contributed by atoms with Crippen molar-refractivity contribution in [3.8, 4) is 0 Å². The number of rotatable bonds is 0. The molecule has 0 saturated heterocycles. The standard InChI is InChI=1S/2ClH.Fe.H3N/h2*1H;;1H3. The van der Waals surface area contributed by atoms with Crippen molar-refractivity contribution in [2.45, 2.75) is 0 Å². The van der Waals surface area contributed by atoms with Crippen molar-refractivity contribution in [3.05, 3.63) is 0 Å². The monoisotopic (exact) mass is 145 g/mol. The van der Waals surface area contributed by atoms with Crippen molar-refractivity contribution in [2.24, 2.45) is 0 Å². The van der Waals surface area contributed by atoms with Gasteiger partial charge in [0.15, 0.2) is 0 Å². The van der Waals surface area contributed by atoms with Crippen LogP contribution in [0, 0.1) is 0 Å². The van der Waals surface area contributed by atoms with E-state index in [1.807, 2.05) is 0 Å². The minimum atomic E-state index is 0. The first-order valence-electron chi connectivity index (χ1n) is 0. The van der Waals surface area contributed by atoms with E-state index in [0.717, 1.165) is 0 Å². The summed E-state index contributed by atoms with van der Waals surface area (Å²) in [6, 6.07) is 0. The summed E-state index contributed by atoms with van der Waals surface area (Å²) in [7, 11) is 0. The van der Waals surface area contributed by atoms with E-state index in [-0.39, 0.29) is 48.0 Å². The van der Waals surface area contributed by atoms with Crippen molar-refractivity contribution in [1.82, 2.24) is 6.15 Å². The van der Waals surface area contributed by atoms with E-state index in [4.69, 9.17) is 0 Å². The van der Waals surface area contributed by atoms with Crippen molar-refractivity contribution >= 4 is 24.8 Å². The molecule has 0 aliphatic rings. The Balaban J connectivity index is 0. The summed E-state index contributed by atoms with van der Waals surface area (Å²) >= 11 is 0.